The Morgan fingerprint density at radius 2 is 2.13 bits per heavy atom. The zero-order valence-corrected chi connectivity index (χ0v) is 9.28. The topological polar surface area (TPSA) is 81.8 Å². The third kappa shape index (κ3) is 2.69. The molecular weight excluding hydrogens is 216 g/mol. The number of nitrogens with two attached hydrogens (primary N) is 1. The summed E-state index contributed by atoms with van der Waals surface area (Å²) in [5.74, 6) is 5.46. The molecule has 0 atom stereocenters. The fourth-order valence-corrected chi connectivity index (χ4v) is 2.03. The number of ether oxygens (including phenoxy) is 1. The van der Waals surface area contributed by atoms with Crippen molar-refractivity contribution < 1.29 is 13.2 Å². The van der Waals surface area contributed by atoms with Gasteiger partial charge in [-0.05, 0) is 18.2 Å². The second kappa shape index (κ2) is 4.31. The highest BCUT2D eigenvalue weighted by molar-refractivity contribution is 7.90. The molecular formula is C9H12N2O3S. The van der Waals surface area contributed by atoms with E-state index in [4.69, 9.17) is 10.6 Å². The highest BCUT2D eigenvalue weighted by Crippen LogP contribution is 2.20. The number of hydrogen-bond donors (Lipinski definition) is 1. The summed E-state index contributed by atoms with van der Waals surface area (Å²) in [4.78, 5) is 0.149. The normalized spacial score (nSPS) is 11.9. The predicted octanol–water partition coefficient (Wildman–Crippen LogP) is 0.391. The van der Waals surface area contributed by atoms with E-state index >= 15 is 0 Å². The van der Waals surface area contributed by atoms with E-state index in [0.29, 0.717) is 11.3 Å². The van der Waals surface area contributed by atoms with Crippen molar-refractivity contribution in [3.05, 3.63) is 23.8 Å². The molecule has 0 saturated carbocycles. The lowest BCUT2D eigenvalue weighted by Gasteiger charge is -2.06. The molecule has 5 nitrogen and oxygen atoms in total. The highest BCUT2D eigenvalue weighted by Gasteiger charge is 2.13. The molecule has 6 heteroatoms. The molecule has 82 valence electrons. The Kier molecular flexibility index (Phi) is 3.31. The molecule has 1 aromatic carbocycles. The van der Waals surface area contributed by atoms with E-state index in [1.54, 1.807) is 12.1 Å². The maximum absolute atomic E-state index is 11.4. The van der Waals surface area contributed by atoms with Crippen LogP contribution in [0.1, 0.15) is 5.56 Å². The van der Waals surface area contributed by atoms with E-state index in [-0.39, 0.29) is 4.90 Å². The summed E-state index contributed by atoms with van der Waals surface area (Å²) in [5, 5.41) is 3.31. The Morgan fingerprint density at radius 3 is 2.60 bits per heavy atom. The van der Waals surface area contributed by atoms with Gasteiger partial charge in [0.15, 0.2) is 9.84 Å². The summed E-state index contributed by atoms with van der Waals surface area (Å²) >= 11 is 0. The van der Waals surface area contributed by atoms with Crippen LogP contribution in [0, 0.1) is 0 Å². The van der Waals surface area contributed by atoms with Gasteiger partial charge in [0.2, 0.25) is 0 Å². The Labute approximate surface area is 88.5 Å². The van der Waals surface area contributed by atoms with Crippen LogP contribution in [0.25, 0.3) is 0 Å². The van der Waals surface area contributed by atoms with Crippen molar-refractivity contribution in [3.63, 3.8) is 0 Å². The minimum absolute atomic E-state index is 0.149. The fourth-order valence-electron chi connectivity index (χ4n) is 1.15. The molecule has 0 radical (unpaired) electrons. The van der Waals surface area contributed by atoms with Crippen LogP contribution in [0.5, 0.6) is 5.75 Å². The summed E-state index contributed by atoms with van der Waals surface area (Å²) in [5.41, 5.74) is 0.445. The van der Waals surface area contributed by atoms with Crippen molar-refractivity contribution in [2.24, 2.45) is 10.9 Å². The molecule has 2 N–H and O–H groups in total. The van der Waals surface area contributed by atoms with E-state index < -0.39 is 9.84 Å². The summed E-state index contributed by atoms with van der Waals surface area (Å²) in [6, 6.07) is 4.67. The molecule has 0 aliphatic rings. The molecule has 0 amide bonds. The van der Waals surface area contributed by atoms with E-state index in [0.717, 1.165) is 6.26 Å². The second-order valence-electron chi connectivity index (χ2n) is 2.95. The molecule has 0 saturated heterocycles. The Balaban J connectivity index is 3.42. The van der Waals surface area contributed by atoms with Gasteiger partial charge in [-0.3, -0.25) is 0 Å². The van der Waals surface area contributed by atoms with Crippen molar-refractivity contribution in [2.75, 3.05) is 13.4 Å². The SMILES string of the molecule is COc1ccc(C=NN)c(S(C)(=O)=O)c1. The quantitative estimate of drug-likeness (QED) is 0.461. The van der Waals surface area contributed by atoms with Gasteiger partial charge >= 0.3 is 0 Å². The molecule has 15 heavy (non-hydrogen) atoms. The number of nitrogens with zero attached hydrogens (tertiary/aromatic N) is 1. The minimum Gasteiger partial charge on any atom is -0.497 e. The largest absolute Gasteiger partial charge is 0.497 e. The number of hydrazone groups is 1. The lowest BCUT2D eigenvalue weighted by Crippen LogP contribution is -2.03. The van der Waals surface area contributed by atoms with Crippen LogP contribution in [0.15, 0.2) is 28.2 Å². The predicted molar refractivity (Wildman–Crippen MR) is 57.9 cm³/mol. The standard InChI is InChI=1S/C9H12N2O3S/c1-14-8-4-3-7(6-11-10)9(5-8)15(2,12)13/h3-6H,10H2,1-2H3. The monoisotopic (exact) mass is 228 g/mol. The van der Waals surface area contributed by atoms with Crippen LogP contribution in [0.2, 0.25) is 0 Å². The average molecular weight is 228 g/mol. The van der Waals surface area contributed by atoms with Gasteiger partial charge in [0, 0.05) is 11.8 Å². The Bertz CT molecular complexity index is 480. The summed E-state index contributed by atoms with van der Waals surface area (Å²) in [6.45, 7) is 0. The van der Waals surface area contributed by atoms with Crippen molar-refractivity contribution in [2.45, 2.75) is 4.90 Å². The third-order valence-corrected chi connectivity index (χ3v) is 2.99. The van der Waals surface area contributed by atoms with Gasteiger partial charge < -0.3 is 10.6 Å². The molecule has 0 spiro atoms. The van der Waals surface area contributed by atoms with Crippen molar-refractivity contribution in [1.82, 2.24) is 0 Å². The molecule has 1 aromatic rings. The van der Waals surface area contributed by atoms with Crippen LogP contribution in [-0.4, -0.2) is 28.0 Å². The zero-order chi connectivity index (χ0) is 11.5. The van der Waals surface area contributed by atoms with Gasteiger partial charge in [-0.1, -0.05) is 0 Å². The van der Waals surface area contributed by atoms with Gasteiger partial charge in [-0.15, -0.1) is 0 Å². The maximum Gasteiger partial charge on any atom is 0.176 e. The van der Waals surface area contributed by atoms with Gasteiger partial charge in [0.25, 0.3) is 0 Å². The van der Waals surface area contributed by atoms with Crippen LogP contribution in [0.4, 0.5) is 0 Å². The number of sulfone groups is 1. The van der Waals surface area contributed by atoms with Crippen molar-refractivity contribution in [1.29, 1.82) is 0 Å². The molecule has 0 aromatic heterocycles. The number of rotatable bonds is 3. The van der Waals surface area contributed by atoms with Gasteiger partial charge in [-0.25, -0.2) is 8.42 Å². The molecule has 0 bridgehead atoms. The second-order valence-corrected chi connectivity index (χ2v) is 4.94. The van der Waals surface area contributed by atoms with Crippen molar-refractivity contribution in [3.8, 4) is 5.75 Å². The average Bonchev–Trinajstić information content (AvgIpc) is 2.17. The zero-order valence-electron chi connectivity index (χ0n) is 8.47. The van der Waals surface area contributed by atoms with E-state index in [1.807, 2.05) is 0 Å². The molecule has 0 aliphatic carbocycles. The van der Waals surface area contributed by atoms with Crippen LogP contribution in [-0.2, 0) is 9.84 Å². The first-order valence-corrected chi connectivity index (χ1v) is 5.99. The first kappa shape index (κ1) is 11.5. The van der Waals surface area contributed by atoms with Gasteiger partial charge in [0.1, 0.15) is 5.75 Å². The van der Waals surface area contributed by atoms with Crippen LogP contribution >= 0.6 is 0 Å². The first-order valence-electron chi connectivity index (χ1n) is 4.10. The number of benzene rings is 1. The molecule has 1 rings (SSSR count). The van der Waals surface area contributed by atoms with Gasteiger partial charge in [0.05, 0.1) is 18.2 Å². The third-order valence-electron chi connectivity index (χ3n) is 1.83. The number of methoxy groups -OCH3 is 1. The maximum atomic E-state index is 11.4. The summed E-state index contributed by atoms with van der Waals surface area (Å²) < 4.78 is 27.8. The highest BCUT2D eigenvalue weighted by atomic mass is 32.2. The number of hydrogen-bond acceptors (Lipinski definition) is 5. The summed E-state index contributed by atoms with van der Waals surface area (Å²) in [7, 11) is -1.84. The van der Waals surface area contributed by atoms with Crippen LogP contribution in [0.3, 0.4) is 0 Å². The lowest BCUT2D eigenvalue weighted by molar-refractivity contribution is 0.413. The molecule has 0 heterocycles. The lowest BCUT2D eigenvalue weighted by atomic mass is 10.2. The van der Waals surface area contributed by atoms with Crippen LogP contribution < -0.4 is 10.6 Å². The molecule has 0 aliphatic heterocycles. The first-order chi connectivity index (χ1) is 6.99. The Hall–Kier alpha value is -1.56. The fraction of sp³-hybridized carbons (Fsp3) is 0.222. The van der Waals surface area contributed by atoms with E-state index in [9.17, 15) is 8.42 Å². The molecule has 0 fully saturated rings. The molecule has 0 unspecified atom stereocenters. The summed E-state index contributed by atoms with van der Waals surface area (Å²) in [6.07, 6.45) is 2.41. The smallest absolute Gasteiger partial charge is 0.176 e. The van der Waals surface area contributed by atoms with Crippen molar-refractivity contribution >= 4 is 16.1 Å². The van der Waals surface area contributed by atoms with E-state index in [1.165, 1.54) is 19.4 Å². The van der Waals surface area contributed by atoms with E-state index in [2.05, 4.69) is 5.10 Å². The Morgan fingerprint density at radius 1 is 1.47 bits per heavy atom. The van der Waals surface area contributed by atoms with Gasteiger partial charge in [-0.2, -0.15) is 5.10 Å². The minimum atomic E-state index is -3.32.